The van der Waals surface area contributed by atoms with Gasteiger partial charge in [0, 0.05) is 44.5 Å². The summed E-state index contributed by atoms with van der Waals surface area (Å²) in [6.07, 6.45) is 0. The van der Waals surface area contributed by atoms with E-state index in [-0.39, 0.29) is 5.75 Å². The Balaban J connectivity index is 2.09. The molecule has 130 valence electrons. The zero-order chi connectivity index (χ0) is 17.0. The minimum absolute atomic E-state index is 0.137. The van der Waals surface area contributed by atoms with E-state index in [0.717, 1.165) is 31.9 Å². The molecule has 2 atom stereocenters. The molecule has 6 heteroatoms. The molecule has 1 aromatic rings. The summed E-state index contributed by atoms with van der Waals surface area (Å²) in [6.45, 7) is 9.70. The molecule has 0 aliphatic carbocycles. The van der Waals surface area contributed by atoms with Crippen molar-refractivity contribution < 1.29 is 13.2 Å². The Hall–Kier alpha value is -1.11. The Labute approximate surface area is 140 Å². The first-order valence-electron chi connectivity index (χ1n) is 8.21. The molecule has 0 bridgehead atoms. The molecule has 1 fully saturated rings. The Morgan fingerprint density at radius 2 is 1.70 bits per heavy atom. The second-order valence-corrected chi connectivity index (χ2v) is 8.51. The maximum absolute atomic E-state index is 11.9. The normalized spacial score (nSPS) is 23.2. The van der Waals surface area contributed by atoms with E-state index in [4.69, 9.17) is 4.74 Å². The van der Waals surface area contributed by atoms with Crippen LogP contribution < -0.4 is 4.90 Å². The molecule has 0 aromatic heterocycles. The summed E-state index contributed by atoms with van der Waals surface area (Å²) < 4.78 is 29.0. The van der Waals surface area contributed by atoms with Gasteiger partial charge in [0.15, 0.2) is 9.84 Å². The molecule has 1 saturated heterocycles. The first-order valence-corrected chi connectivity index (χ1v) is 9.86. The van der Waals surface area contributed by atoms with Crippen LogP contribution in [-0.4, -0.2) is 64.5 Å². The molecule has 0 unspecified atom stereocenters. The molecule has 1 aliphatic heterocycles. The molecule has 1 aromatic carbocycles. The standard InChI is InChI=1S/C17H28N2O3S/c1-5-23(20,21)17-8-6-16(7-9-17)18-12-14(2)19(10-11-22-4)15(3)13-18/h6-9,14-15H,5,10-13H2,1-4H3/t14-,15-/m1/s1. The lowest BCUT2D eigenvalue weighted by Gasteiger charge is -2.45. The predicted octanol–water partition coefficient (Wildman–Crippen LogP) is 2.03. The summed E-state index contributed by atoms with van der Waals surface area (Å²) in [4.78, 5) is 5.21. The third-order valence-corrected chi connectivity index (χ3v) is 6.35. The minimum Gasteiger partial charge on any atom is -0.383 e. The van der Waals surface area contributed by atoms with Crippen LogP contribution in [0.25, 0.3) is 0 Å². The van der Waals surface area contributed by atoms with E-state index in [1.165, 1.54) is 0 Å². The van der Waals surface area contributed by atoms with Gasteiger partial charge in [-0.15, -0.1) is 0 Å². The molecule has 1 heterocycles. The van der Waals surface area contributed by atoms with E-state index in [1.807, 2.05) is 12.1 Å². The Kier molecular flexibility index (Phi) is 6.06. The van der Waals surface area contributed by atoms with Crippen LogP contribution in [0.2, 0.25) is 0 Å². The fraction of sp³-hybridized carbons (Fsp3) is 0.647. The smallest absolute Gasteiger partial charge is 0.178 e. The van der Waals surface area contributed by atoms with Crippen molar-refractivity contribution in [3.05, 3.63) is 24.3 Å². The van der Waals surface area contributed by atoms with Crippen LogP contribution in [0.3, 0.4) is 0 Å². The van der Waals surface area contributed by atoms with Crippen molar-refractivity contribution in [2.24, 2.45) is 0 Å². The molecule has 5 nitrogen and oxygen atoms in total. The third-order valence-electron chi connectivity index (χ3n) is 4.60. The fourth-order valence-electron chi connectivity index (χ4n) is 3.24. The van der Waals surface area contributed by atoms with Gasteiger partial charge in [-0.25, -0.2) is 8.42 Å². The van der Waals surface area contributed by atoms with E-state index in [0.29, 0.717) is 17.0 Å². The number of sulfone groups is 1. The number of nitrogens with zero attached hydrogens (tertiary/aromatic N) is 2. The lowest BCUT2D eigenvalue weighted by atomic mass is 10.1. The third kappa shape index (κ3) is 4.25. The van der Waals surface area contributed by atoms with Crippen molar-refractivity contribution in [1.82, 2.24) is 4.90 Å². The van der Waals surface area contributed by atoms with E-state index in [9.17, 15) is 8.42 Å². The van der Waals surface area contributed by atoms with Crippen LogP contribution in [0.4, 0.5) is 5.69 Å². The summed E-state index contributed by atoms with van der Waals surface area (Å²) in [6, 6.07) is 8.17. The molecular weight excluding hydrogens is 312 g/mol. The summed E-state index contributed by atoms with van der Waals surface area (Å²) in [7, 11) is -1.39. The van der Waals surface area contributed by atoms with Gasteiger partial charge in [0.05, 0.1) is 17.3 Å². The van der Waals surface area contributed by atoms with Crippen LogP contribution in [0.15, 0.2) is 29.2 Å². The minimum atomic E-state index is -3.13. The van der Waals surface area contributed by atoms with E-state index in [1.54, 1.807) is 26.2 Å². The number of methoxy groups -OCH3 is 1. The molecule has 0 radical (unpaired) electrons. The largest absolute Gasteiger partial charge is 0.383 e. The summed E-state index contributed by atoms with van der Waals surface area (Å²) in [5, 5.41) is 0. The molecular formula is C17H28N2O3S. The van der Waals surface area contributed by atoms with Gasteiger partial charge in [-0.3, -0.25) is 4.90 Å². The van der Waals surface area contributed by atoms with E-state index >= 15 is 0 Å². The van der Waals surface area contributed by atoms with Gasteiger partial charge >= 0.3 is 0 Å². The second-order valence-electron chi connectivity index (χ2n) is 6.23. The van der Waals surface area contributed by atoms with Crippen LogP contribution in [0.5, 0.6) is 0 Å². The van der Waals surface area contributed by atoms with Crippen LogP contribution in [0, 0.1) is 0 Å². The second kappa shape index (κ2) is 7.64. The lowest BCUT2D eigenvalue weighted by Crippen LogP contribution is -2.57. The number of piperazine rings is 1. The van der Waals surface area contributed by atoms with Crippen LogP contribution in [-0.2, 0) is 14.6 Å². The summed E-state index contributed by atoms with van der Waals surface area (Å²) >= 11 is 0. The van der Waals surface area contributed by atoms with Crippen molar-refractivity contribution in [1.29, 1.82) is 0 Å². The van der Waals surface area contributed by atoms with Crippen molar-refractivity contribution in [2.75, 3.05) is 44.0 Å². The average molecular weight is 340 g/mol. The number of ether oxygens (including phenoxy) is 1. The number of anilines is 1. The predicted molar refractivity (Wildman–Crippen MR) is 93.9 cm³/mol. The Morgan fingerprint density at radius 3 is 2.17 bits per heavy atom. The fourth-order valence-corrected chi connectivity index (χ4v) is 4.12. The van der Waals surface area contributed by atoms with Gasteiger partial charge in [0.1, 0.15) is 0 Å². The highest BCUT2D eigenvalue weighted by molar-refractivity contribution is 7.91. The highest BCUT2D eigenvalue weighted by Crippen LogP contribution is 2.24. The number of hydrogen-bond acceptors (Lipinski definition) is 5. The SMILES string of the molecule is CCS(=O)(=O)c1ccc(N2C[C@@H](C)N(CCOC)[C@H](C)C2)cc1. The van der Waals surface area contributed by atoms with Crippen molar-refractivity contribution >= 4 is 15.5 Å². The van der Waals surface area contributed by atoms with Gasteiger partial charge in [0.2, 0.25) is 0 Å². The quantitative estimate of drug-likeness (QED) is 0.793. The van der Waals surface area contributed by atoms with Crippen LogP contribution >= 0.6 is 0 Å². The van der Waals surface area contributed by atoms with Crippen molar-refractivity contribution in [2.45, 2.75) is 37.8 Å². The van der Waals surface area contributed by atoms with Gasteiger partial charge in [-0.05, 0) is 38.1 Å². The highest BCUT2D eigenvalue weighted by atomic mass is 32.2. The summed E-state index contributed by atoms with van der Waals surface area (Å²) in [5.74, 6) is 0.137. The van der Waals surface area contributed by atoms with Gasteiger partial charge in [-0.2, -0.15) is 0 Å². The van der Waals surface area contributed by atoms with Crippen LogP contribution in [0.1, 0.15) is 20.8 Å². The molecule has 23 heavy (non-hydrogen) atoms. The maximum Gasteiger partial charge on any atom is 0.178 e. The maximum atomic E-state index is 11.9. The Morgan fingerprint density at radius 1 is 1.13 bits per heavy atom. The average Bonchev–Trinajstić information content (AvgIpc) is 2.54. The monoisotopic (exact) mass is 340 g/mol. The lowest BCUT2D eigenvalue weighted by molar-refractivity contribution is 0.0847. The van der Waals surface area contributed by atoms with Crippen molar-refractivity contribution in [3.8, 4) is 0 Å². The number of benzene rings is 1. The zero-order valence-corrected chi connectivity index (χ0v) is 15.3. The molecule has 0 N–H and O–H groups in total. The molecule has 0 spiro atoms. The van der Waals surface area contributed by atoms with Gasteiger partial charge in [-0.1, -0.05) is 6.92 Å². The molecule has 0 amide bonds. The number of hydrogen-bond donors (Lipinski definition) is 0. The first-order chi connectivity index (χ1) is 10.9. The van der Waals surface area contributed by atoms with Gasteiger partial charge < -0.3 is 9.64 Å². The topological polar surface area (TPSA) is 49.9 Å². The van der Waals surface area contributed by atoms with E-state index in [2.05, 4.69) is 23.6 Å². The number of rotatable bonds is 6. The van der Waals surface area contributed by atoms with Crippen molar-refractivity contribution in [3.63, 3.8) is 0 Å². The highest BCUT2D eigenvalue weighted by Gasteiger charge is 2.29. The van der Waals surface area contributed by atoms with E-state index < -0.39 is 9.84 Å². The molecule has 1 aliphatic rings. The molecule has 2 rings (SSSR count). The Bertz CT molecular complexity index is 589. The zero-order valence-electron chi connectivity index (χ0n) is 14.5. The summed E-state index contributed by atoms with van der Waals surface area (Å²) in [5.41, 5.74) is 1.09. The van der Waals surface area contributed by atoms with Gasteiger partial charge in [0.25, 0.3) is 0 Å². The first kappa shape index (κ1) is 18.2. The molecule has 0 saturated carbocycles.